The van der Waals surface area contributed by atoms with Gasteiger partial charge in [0.1, 0.15) is 7.11 Å². The number of carbonyl (C=O) groups excluding carboxylic acids is 1. The van der Waals surface area contributed by atoms with E-state index in [0.29, 0.717) is 11.6 Å². The zero-order valence-electron chi connectivity index (χ0n) is 12.0. The predicted molar refractivity (Wildman–Crippen MR) is 80.0 cm³/mol. The van der Waals surface area contributed by atoms with Gasteiger partial charge in [0.05, 0.1) is 6.21 Å². The Morgan fingerprint density at radius 2 is 1.85 bits per heavy atom. The fourth-order valence-electron chi connectivity index (χ4n) is 2.53. The number of benzene rings is 1. The molecule has 108 valence electrons. The SMILES string of the molecule is CO/N=C/c1ccc(C(=O)NC2CCCCCC2)cc1. The second-order valence-corrected chi connectivity index (χ2v) is 5.20. The molecule has 0 aromatic heterocycles. The number of amides is 1. The first-order chi connectivity index (χ1) is 9.79. The lowest BCUT2D eigenvalue weighted by Crippen LogP contribution is -2.34. The van der Waals surface area contributed by atoms with E-state index in [1.165, 1.54) is 32.8 Å². The van der Waals surface area contributed by atoms with Gasteiger partial charge in [0, 0.05) is 11.6 Å². The summed E-state index contributed by atoms with van der Waals surface area (Å²) in [5, 5.41) is 6.84. The van der Waals surface area contributed by atoms with Gasteiger partial charge in [0.15, 0.2) is 0 Å². The third-order valence-corrected chi connectivity index (χ3v) is 3.67. The van der Waals surface area contributed by atoms with Crippen LogP contribution in [-0.4, -0.2) is 25.3 Å². The normalized spacial score (nSPS) is 16.9. The lowest BCUT2D eigenvalue weighted by molar-refractivity contribution is 0.0933. The molecule has 20 heavy (non-hydrogen) atoms. The van der Waals surface area contributed by atoms with Crippen LogP contribution < -0.4 is 5.32 Å². The number of nitrogens with one attached hydrogen (secondary N) is 1. The maximum absolute atomic E-state index is 12.2. The molecule has 2 rings (SSSR count). The first-order valence-electron chi connectivity index (χ1n) is 7.27. The Hall–Kier alpha value is -1.84. The van der Waals surface area contributed by atoms with Crippen LogP contribution in [0.3, 0.4) is 0 Å². The van der Waals surface area contributed by atoms with E-state index < -0.39 is 0 Å². The van der Waals surface area contributed by atoms with Gasteiger partial charge >= 0.3 is 0 Å². The molecule has 0 saturated heterocycles. The molecule has 1 aliphatic rings. The van der Waals surface area contributed by atoms with Crippen LogP contribution in [0.1, 0.15) is 54.4 Å². The molecule has 1 amide bonds. The van der Waals surface area contributed by atoms with Crippen molar-refractivity contribution in [1.29, 1.82) is 0 Å². The fourth-order valence-corrected chi connectivity index (χ4v) is 2.53. The van der Waals surface area contributed by atoms with Crippen molar-refractivity contribution in [3.63, 3.8) is 0 Å². The molecule has 0 atom stereocenters. The molecule has 1 aliphatic carbocycles. The van der Waals surface area contributed by atoms with Gasteiger partial charge in [0.25, 0.3) is 5.91 Å². The molecule has 4 heteroatoms. The number of nitrogens with zero attached hydrogens (tertiary/aromatic N) is 1. The third-order valence-electron chi connectivity index (χ3n) is 3.67. The molecule has 4 nitrogen and oxygen atoms in total. The van der Waals surface area contributed by atoms with E-state index in [-0.39, 0.29) is 5.91 Å². The fraction of sp³-hybridized carbons (Fsp3) is 0.500. The Balaban J connectivity index is 1.92. The van der Waals surface area contributed by atoms with Gasteiger partial charge in [-0.2, -0.15) is 0 Å². The molecule has 1 aromatic carbocycles. The second-order valence-electron chi connectivity index (χ2n) is 5.20. The topological polar surface area (TPSA) is 50.7 Å². The smallest absolute Gasteiger partial charge is 0.251 e. The van der Waals surface area contributed by atoms with Crippen molar-refractivity contribution in [2.75, 3.05) is 7.11 Å². The van der Waals surface area contributed by atoms with Gasteiger partial charge in [-0.1, -0.05) is 43.0 Å². The zero-order chi connectivity index (χ0) is 14.2. The van der Waals surface area contributed by atoms with Crippen molar-refractivity contribution >= 4 is 12.1 Å². The Bertz CT molecular complexity index is 446. The summed E-state index contributed by atoms with van der Waals surface area (Å²) in [6, 6.07) is 7.71. The standard InChI is InChI=1S/C16H22N2O2/c1-20-17-12-13-8-10-14(11-9-13)16(19)18-15-6-4-2-3-5-7-15/h8-12,15H,2-7H2,1H3,(H,18,19)/b17-12+. The molecule has 0 aliphatic heterocycles. The first-order valence-corrected chi connectivity index (χ1v) is 7.27. The summed E-state index contributed by atoms with van der Waals surface area (Å²) in [4.78, 5) is 16.8. The minimum atomic E-state index is 0.0205. The maximum Gasteiger partial charge on any atom is 0.251 e. The van der Waals surface area contributed by atoms with Crippen LogP contribution in [0.4, 0.5) is 0 Å². The monoisotopic (exact) mass is 274 g/mol. The summed E-state index contributed by atoms with van der Waals surface area (Å²) >= 11 is 0. The molecule has 0 heterocycles. The molecule has 0 radical (unpaired) electrons. The summed E-state index contributed by atoms with van der Waals surface area (Å²) < 4.78 is 0. The van der Waals surface area contributed by atoms with Crippen LogP contribution in [0.25, 0.3) is 0 Å². The predicted octanol–water partition coefficient (Wildman–Crippen LogP) is 3.12. The quantitative estimate of drug-likeness (QED) is 0.521. The Kier molecular flexibility index (Phi) is 5.59. The Morgan fingerprint density at radius 1 is 1.20 bits per heavy atom. The van der Waals surface area contributed by atoms with Crippen LogP contribution in [0, 0.1) is 0 Å². The van der Waals surface area contributed by atoms with Crippen molar-refractivity contribution in [3.8, 4) is 0 Å². The van der Waals surface area contributed by atoms with Crippen molar-refractivity contribution < 1.29 is 9.63 Å². The molecule has 1 aromatic rings. The van der Waals surface area contributed by atoms with E-state index in [9.17, 15) is 4.79 Å². The summed E-state index contributed by atoms with van der Waals surface area (Å²) in [7, 11) is 1.51. The molecule has 0 spiro atoms. The molecular weight excluding hydrogens is 252 g/mol. The average molecular weight is 274 g/mol. The highest BCUT2D eigenvalue weighted by molar-refractivity contribution is 5.95. The highest BCUT2D eigenvalue weighted by Gasteiger charge is 2.15. The summed E-state index contributed by atoms with van der Waals surface area (Å²) in [5.74, 6) is 0.0205. The molecule has 0 unspecified atom stereocenters. The van der Waals surface area contributed by atoms with Crippen molar-refractivity contribution in [2.45, 2.75) is 44.6 Å². The molecular formula is C16H22N2O2. The lowest BCUT2D eigenvalue weighted by atomic mass is 10.1. The summed E-state index contributed by atoms with van der Waals surface area (Å²) in [6.45, 7) is 0. The minimum Gasteiger partial charge on any atom is -0.399 e. The molecule has 0 bridgehead atoms. The van der Waals surface area contributed by atoms with Crippen LogP contribution in [0.15, 0.2) is 29.4 Å². The van der Waals surface area contributed by atoms with Crippen LogP contribution in [-0.2, 0) is 4.84 Å². The van der Waals surface area contributed by atoms with Crippen LogP contribution in [0.2, 0.25) is 0 Å². The number of oxime groups is 1. The largest absolute Gasteiger partial charge is 0.399 e. The molecule has 1 saturated carbocycles. The van der Waals surface area contributed by atoms with Crippen molar-refractivity contribution in [3.05, 3.63) is 35.4 Å². The van der Waals surface area contributed by atoms with Gasteiger partial charge < -0.3 is 10.2 Å². The second kappa shape index (κ2) is 7.68. The Labute approximate surface area is 120 Å². The van der Waals surface area contributed by atoms with Crippen LogP contribution in [0.5, 0.6) is 0 Å². The van der Waals surface area contributed by atoms with Gasteiger partial charge in [0.2, 0.25) is 0 Å². The highest BCUT2D eigenvalue weighted by Crippen LogP contribution is 2.17. The van der Waals surface area contributed by atoms with E-state index in [1.54, 1.807) is 6.21 Å². The van der Waals surface area contributed by atoms with Gasteiger partial charge in [-0.3, -0.25) is 4.79 Å². The highest BCUT2D eigenvalue weighted by atomic mass is 16.6. The molecule has 1 fully saturated rings. The van der Waals surface area contributed by atoms with E-state index in [0.717, 1.165) is 18.4 Å². The third kappa shape index (κ3) is 4.37. The van der Waals surface area contributed by atoms with Gasteiger partial charge in [-0.05, 0) is 30.5 Å². The van der Waals surface area contributed by atoms with E-state index in [1.807, 2.05) is 24.3 Å². The number of hydrogen-bond donors (Lipinski definition) is 1. The van der Waals surface area contributed by atoms with E-state index in [4.69, 9.17) is 0 Å². The maximum atomic E-state index is 12.2. The number of rotatable bonds is 4. The summed E-state index contributed by atoms with van der Waals surface area (Å²) in [5.41, 5.74) is 1.61. The average Bonchev–Trinajstić information content (AvgIpc) is 2.74. The minimum absolute atomic E-state index is 0.0205. The number of hydrogen-bond acceptors (Lipinski definition) is 3. The Morgan fingerprint density at radius 3 is 2.45 bits per heavy atom. The van der Waals surface area contributed by atoms with Crippen molar-refractivity contribution in [2.24, 2.45) is 5.16 Å². The summed E-state index contributed by atoms with van der Waals surface area (Å²) in [6.07, 6.45) is 8.84. The van der Waals surface area contributed by atoms with E-state index in [2.05, 4.69) is 15.3 Å². The van der Waals surface area contributed by atoms with Gasteiger partial charge in [-0.25, -0.2) is 0 Å². The number of carbonyl (C=O) groups is 1. The first kappa shape index (κ1) is 14.6. The van der Waals surface area contributed by atoms with Crippen LogP contribution >= 0.6 is 0 Å². The molecule has 1 N–H and O–H groups in total. The van der Waals surface area contributed by atoms with E-state index >= 15 is 0 Å². The van der Waals surface area contributed by atoms with Gasteiger partial charge in [-0.15, -0.1) is 0 Å². The van der Waals surface area contributed by atoms with Crippen molar-refractivity contribution in [1.82, 2.24) is 5.32 Å². The lowest BCUT2D eigenvalue weighted by Gasteiger charge is -2.16. The zero-order valence-corrected chi connectivity index (χ0v) is 12.0.